The molecule has 0 aliphatic carbocycles. The van der Waals surface area contributed by atoms with Gasteiger partial charge >= 0.3 is 0 Å². The first kappa shape index (κ1) is 27.9. The second-order valence-electron chi connectivity index (χ2n) is 10.5. The molecule has 0 saturated carbocycles. The number of aryl methyl sites for hydroxylation is 2. The highest BCUT2D eigenvalue weighted by molar-refractivity contribution is 7.86. The maximum Gasteiger partial charge on any atom is 0.171 e. The lowest BCUT2D eigenvalue weighted by atomic mass is 9.96. The molecular formula is C38H32O2P2. The molecule has 6 aromatic rings. The molecule has 0 heterocycles. The molecule has 0 fully saturated rings. The Labute approximate surface area is 248 Å². The molecular weight excluding hydrogens is 550 g/mol. The van der Waals surface area contributed by atoms with E-state index in [1.54, 1.807) is 0 Å². The van der Waals surface area contributed by atoms with Crippen LogP contribution in [-0.2, 0) is 9.13 Å². The summed E-state index contributed by atoms with van der Waals surface area (Å²) in [7, 11) is -6.66. The maximum absolute atomic E-state index is 15.7. The second-order valence-corrected chi connectivity index (χ2v) is 16.0. The average molecular weight is 583 g/mol. The van der Waals surface area contributed by atoms with Gasteiger partial charge in [-0.15, -0.1) is 0 Å². The van der Waals surface area contributed by atoms with E-state index in [0.717, 1.165) is 54.1 Å². The van der Waals surface area contributed by atoms with E-state index in [-0.39, 0.29) is 0 Å². The highest BCUT2D eigenvalue weighted by Gasteiger charge is 2.37. The summed E-state index contributed by atoms with van der Waals surface area (Å²) in [6.07, 6.45) is 0. The van der Waals surface area contributed by atoms with Gasteiger partial charge in [-0.1, -0.05) is 158 Å². The first-order valence-electron chi connectivity index (χ1n) is 14.1. The molecule has 0 amide bonds. The molecule has 42 heavy (non-hydrogen) atoms. The standard InChI is InChI=1S/C38H32O2P2/c1-29-17-15-27-35(41(39,31-19-7-3-8-20-31)32-21-9-4-10-22-32)37(29)38-30(2)18-16-28-36(38)42(40,33-23-11-5-12-24-33)34-25-13-6-14-26-34/h3-28H,1-2H3. The summed E-state index contributed by atoms with van der Waals surface area (Å²) in [5.41, 5.74) is 3.74. The largest absolute Gasteiger partial charge is 0.309 e. The fraction of sp³-hybridized carbons (Fsp3) is 0.0526. The van der Waals surface area contributed by atoms with Crippen LogP contribution in [0.5, 0.6) is 0 Å². The second kappa shape index (κ2) is 11.6. The SMILES string of the molecule is Cc1cccc(P(=O)(c2ccccc2)c2ccccc2)c1-c1c(C)cccc1P(=O)(c1ccccc1)c1ccccc1. The highest BCUT2D eigenvalue weighted by atomic mass is 31.2. The van der Waals surface area contributed by atoms with Crippen molar-refractivity contribution in [3.8, 4) is 11.1 Å². The third-order valence-corrected chi connectivity index (χ3v) is 14.1. The van der Waals surface area contributed by atoms with Crippen molar-refractivity contribution in [2.24, 2.45) is 0 Å². The minimum Gasteiger partial charge on any atom is -0.309 e. The fourth-order valence-electron chi connectivity index (χ4n) is 5.89. The van der Waals surface area contributed by atoms with Crippen molar-refractivity contribution in [3.05, 3.63) is 169 Å². The topological polar surface area (TPSA) is 34.1 Å². The Hall–Kier alpha value is -4.22. The van der Waals surface area contributed by atoms with Crippen LogP contribution in [0.15, 0.2) is 158 Å². The van der Waals surface area contributed by atoms with Crippen LogP contribution in [0.1, 0.15) is 11.1 Å². The summed E-state index contributed by atoms with van der Waals surface area (Å²) in [5.74, 6) is 0. The average Bonchev–Trinajstić information content (AvgIpc) is 3.05. The van der Waals surface area contributed by atoms with Crippen LogP contribution in [0.25, 0.3) is 11.1 Å². The Balaban J connectivity index is 1.73. The zero-order valence-electron chi connectivity index (χ0n) is 23.7. The summed E-state index contributed by atoms with van der Waals surface area (Å²) in [6.45, 7) is 4.12. The smallest absolute Gasteiger partial charge is 0.171 e. The number of benzene rings is 6. The van der Waals surface area contributed by atoms with E-state index in [1.165, 1.54) is 0 Å². The van der Waals surface area contributed by atoms with Gasteiger partial charge in [0, 0.05) is 31.8 Å². The van der Waals surface area contributed by atoms with E-state index >= 15 is 9.13 Å². The van der Waals surface area contributed by atoms with Crippen LogP contribution < -0.4 is 31.8 Å². The molecule has 0 saturated heterocycles. The van der Waals surface area contributed by atoms with Crippen molar-refractivity contribution < 1.29 is 9.13 Å². The Morgan fingerprint density at radius 2 is 0.595 bits per heavy atom. The summed E-state index contributed by atoms with van der Waals surface area (Å²) in [5, 5.41) is 4.59. The third-order valence-electron chi connectivity index (χ3n) is 7.91. The van der Waals surface area contributed by atoms with E-state index in [9.17, 15) is 0 Å². The predicted octanol–water partition coefficient (Wildman–Crippen LogP) is 7.25. The van der Waals surface area contributed by atoms with Gasteiger partial charge in [0.15, 0.2) is 14.3 Å². The fourth-order valence-corrected chi connectivity index (χ4v) is 11.8. The van der Waals surface area contributed by atoms with Crippen LogP contribution in [0.2, 0.25) is 0 Å². The van der Waals surface area contributed by atoms with Crippen LogP contribution in [0.3, 0.4) is 0 Å². The van der Waals surface area contributed by atoms with Gasteiger partial charge in [0.25, 0.3) is 0 Å². The molecule has 2 nitrogen and oxygen atoms in total. The molecule has 6 aromatic carbocycles. The number of hydrogen-bond donors (Lipinski definition) is 0. The minimum atomic E-state index is -3.33. The van der Waals surface area contributed by atoms with E-state index in [2.05, 4.69) is 26.0 Å². The van der Waals surface area contributed by atoms with E-state index in [1.807, 2.05) is 146 Å². The molecule has 0 aliphatic heterocycles. The van der Waals surface area contributed by atoms with Crippen molar-refractivity contribution in [1.82, 2.24) is 0 Å². The Bertz CT molecular complexity index is 1700. The predicted molar refractivity (Wildman–Crippen MR) is 180 cm³/mol. The first-order chi connectivity index (χ1) is 20.5. The Kier molecular flexibility index (Phi) is 7.70. The molecule has 4 heteroatoms. The van der Waals surface area contributed by atoms with Crippen LogP contribution in [-0.4, -0.2) is 0 Å². The lowest BCUT2D eigenvalue weighted by molar-refractivity contribution is 0.591. The molecule has 0 unspecified atom stereocenters. The van der Waals surface area contributed by atoms with Crippen molar-refractivity contribution in [2.45, 2.75) is 13.8 Å². The van der Waals surface area contributed by atoms with E-state index < -0.39 is 14.3 Å². The van der Waals surface area contributed by atoms with Gasteiger partial charge < -0.3 is 9.13 Å². The van der Waals surface area contributed by atoms with Gasteiger partial charge in [-0.25, -0.2) is 0 Å². The molecule has 0 radical (unpaired) electrons. The summed E-state index contributed by atoms with van der Waals surface area (Å²) >= 11 is 0. The summed E-state index contributed by atoms with van der Waals surface area (Å²) < 4.78 is 31.4. The monoisotopic (exact) mass is 582 g/mol. The molecule has 0 aliphatic rings. The molecule has 0 spiro atoms. The summed E-state index contributed by atoms with van der Waals surface area (Å²) in [6, 6.07) is 51.1. The van der Waals surface area contributed by atoms with Gasteiger partial charge in [0.2, 0.25) is 0 Å². The third kappa shape index (κ3) is 4.72. The van der Waals surface area contributed by atoms with Gasteiger partial charge in [-0.05, 0) is 36.1 Å². The van der Waals surface area contributed by atoms with Crippen molar-refractivity contribution in [1.29, 1.82) is 0 Å². The van der Waals surface area contributed by atoms with E-state index in [0.29, 0.717) is 0 Å². The number of rotatable bonds is 7. The summed E-state index contributed by atoms with van der Waals surface area (Å²) in [4.78, 5) is 0. The lowest BCUT2D eigenvalue weighted by Crippen LogP contribution is -2.30. The van der Waals surface area contributed by atoms with Crippen LogP contribution in [0.4, 0.5) is 0 Å². The molecule has 206 valence electrons. The van der Waals surface area contributed by atoms with Gasteiger partial charge in [-0.3, -0.25) is 0 Å². The van der Waals surface area contributed by atoms with Gasteiger partial charge in [-0.2, -0.15) is 0 Å². The zero-order chi connectivity index (χ0) is 29.2. The quantitative estimate of drug-likeness (QED) is 0.186. The zero-order valence-corrected chi connectivity index (χ0v) is 25.5. The van der Waals surface area contributed by atoms with Crippen molar-refractivity contribution in [2.75, 3.05) is 0 Å². The van der Waals surface area contributed by atoms with E-state index in [4.69, 9.17) is 0 Å². The number of hydrogen-bond acceptors (Lipinski definition) is 2. The molecule has 6 rings (SSSR count). The van der Waals surface area contributed by atoms with Crippen LogP contribution >= 0.6 is 14.3 Å². The minimum absolute atomic E-state index is 0.753. The molecule has 0 bridgehead atoms. The normalized spacial score (nSPS) is 11.8. The Morgan fingerprint density at radius 1 is 0.333 bits per heavy atom. The van der Waals surface area contributed by atoms with Gasteiger partial charge in [0.05, 0.1) is 0 Å². The highest BCUT2D eigenvalue weighted by Crippen LogP contribution is 2.50. The lowest BCUT2D eigenvalue weighted by Gasteiger charge is -2.28. The maximum atomic E-state index is 15.7. The molecule has 0 atom stereocenters. The molecule has 0 aromatic heterocycles. The van der Waals surface area contributed by atoms with Crippen molar-refractivity contribution >= 4 is 46.1 Å². The molecule has 0 N–H and O–H groups in total. The van der Waals surface area contributed by atoms with Gasteiger partial charge in [0.1, 0.15) is 0 Å². The van der Waals surface area contributed by atoms with Crippen LogP contribution in [0, 0.1) is 13.8 Å². The first-order valence-corrected chi connectivity index (χ1v) is 17.5. The Morgan fingerprint density at radius 3 is 0.857 bits per heavy atom. The van der Waals surface area contributed by atoms with Crippen molar-refractivity contribution in [3.63, 3.8) is 0 Å².